The number of ether oxygens (including phenoxy) is 1. The maximum atomic E-state index is 12.6. The van der Waals surface area contributed by atoms with Crippen LogP contribution >= 0.6 is 0 Å². The number of amides is 3. The summed E-state index contributed by atoms with van der Waals surface area (Å²) >= 11 is 0. The predicted molar refractivity (Wildman–Crippen MR) is 110 cm³/mol. The Morgan fingerprint density at radius 2 is 1.70 bits per heavy atom. The number of carbonyl (C=O) groups excluding carboxylic acids is 3. The van der Waals surface area contributed by atoms with Crippen LogP contribution < -0.4 is 19.7 Å². The number of hydrogen-bond donors (Lipinski definition) is 2. The molecule has 1 fully saturated rings. The molecule has 0 spiro atoms. The summed E-state index contributed by atoms with van der Waals surface area (Å²) in [7, 11) is -2.39. The average Bonchev–Trinajstić information content (AvgIpc) is 3.09. The number of nitrogens with one attached hydrogen (secondary N) is 2. The van der Waals surface area contributed by atoms with E-state index in [0.29, 0.717) is 17.1 Å². The summed E-state index contributed by atoms with van der Waals surface area (Å²) in [6.07, 6.45) is 0.0762. The lowest BCUT2D eigenvalue weighted by Crippen LogP contribution is -2.28. The summed E-state index contributed by atoms with van der Waals surface area (Å²) in [6, 6.07) is 12.4. The van der Waals surface area contributed by atoms with E-state index in [0.717, 1.165) is 6.92 Å². The minimum Gasteiger partial charge on any atom is -0.497 e. The second-order valence-corrected chi connectivity index (χ2v) is 8.46. The van der Waals surface area contributed by atoms with Crippen LogP contribution in [0.5, 0.6) is 5.75 Å². The van der Waals surface area contributed by atoms with E-state index < -0.39 is 21.8 Å². The van der Waals surface area contributed by atoms with Gasteiger partial charge >= 0.3 is 0 Å². The molecule has 0 radical (unpaired) electrons. The van der Waals surface area contributed by atoms with Crippen LogP contribution in [0.4, 0.5) is 11.4 Å². The molecule has 9 nitrogen and oxygen atoms in total. The quantitative estimate of drug-likeness (QED) is 0.715. The first-order valence-corrected chi connectivity index (χ1v) is 10.6. The van der Waals surface area contributed by atoms with Gasteiger partial charge in [0.2, 0.25) is 17.7 Å². The van der Waals surface area contributed by atoms with Crippen molar-refractivity contribution in [1.29, 1.82) is 0 Å². The highest BCUT2D eigenvalue weighted by atomic mass is 32.2. The fraction of sp³-hybridized carbons (Fsp3) is 0.250. The Hall–Kier alpha value is -3.40. The molecule has 0 saturated carbocycles. The van der Waals surface area contributed by atoms with Crippen LogP contribution in [-0.2, 0) is 24.4 Å². The molecule has 10 heteroatoms. The molecule has 3 amide bonds. The maximum Gasteiger partial charge on any atom is 0.264 e. The van der Waals surface area contributed by atoms with E-state index in [1.165, 1.54) is 24.3 Å². The molecule has 3 rings (SSSR count). The lowest BCUT2D eigenvalue weighted by Gasteiger charge is -2.17. The Bertz CT molecular complexity index is 1060. The smallest absolute Gasteiger partial charge is 0.264 e. The van der Waals surface area contributed by atoms with E-state index in [9.17, 15) is 22.8 Å². The molecular weight excluding hydrogens is 410 g/mol. The molecule has 1 aliphatic rings. The Balaban J connectivity index is 1.65. The van der Waals surface area contributed by atoms with E-state index in [1.807, 2.05) is 4.72 Å². The zero-order valence-corrected chi connectivity index (χ0v) is 17.2. The van der Waals surface area contributed by atoms with Gasteiger partial charge in [0.25, 0.3) is 10.0 Å². The predicted octanol–water partition coefficient (Wildman–Crippen LogP) is 1.51. The third-order valence-corrected chi connectivity index (χ3v) is 6.04. The number of benzene rings is 2. The van der Waals surface area contributed by atoms with E-state index in [4.69, 9.17) is 4.74 Å². The van der Waals surface area contributed by atoms with Crippen molar-refractivity contribution < 1.29 is 27.5 Å². The highest BCUT2D eigenvalue weighted by Gasteiger charge is 2.35. The first-order valence-electron chi connectivity index (χ1n) is 9.08. The van der Waals surface area contributed by atoms with Crippen molar-refractivity contribution in [3.8, 4) is 5.75 Å². The Morgan fingerprint density at radius 3 is 2.27 bits per heavy atom. The summed E-state index contributed by atoms with van der Waals surface area (Å²) in [5, 5.41) is 2.69. The number of methoxy groups -OCH3 is 1. The number of hydrogen-bond acceptors (Lipinski definition) is 6. The fourth-order valence-electron chi connectivity index (χ4n) is 3.10. The Kier molecular flexibility index (Phi) is 6.06. The first kappa shape index (κ1) is 21.3. The number of anilines is 2. The van der Waals surface area contributed by atoms with Crippen LogP contribution in [0, 0.1) is 5.92 Å². The molecule has 0 aliphatic carbocycles. The van der Waals surface area contributed by atoms with Gasteiger partial charge in [-0.3, -0.25) is 14.4 Å². The van der Waals surface area contributed by atoms with Gasteiger partial charge in [-0.2, -0.15) is 0 Å². The molecule has 2 N–H and O–H groups in total. The number of sulfonamides is 1. The van der Waals surface area contributed by atoms with Gasteiger partial charge in [-0.25, -0.2) is 13.1 Å². The number of carbonyl (C=O) groups is 3. The zero-order valence-electron chi connectivity index (χ0n) is 16.4. The summed E-state index contributed by atoms with van der Waals surface area (Å²) in [5.74, 6) is -1.06. The van der Waals surface area contributed by atoms with Crippen molar-refractivity contribution >= 4 is 39.1 Å². The molecule has 2 aromatic carbocycles. The summed E-state index contributed by atoms with van der Waals surface area (Å²) in [6.45, 7) is 1.34. The normalized spacial score (nSPS) is 16.3. The molecular formula is C20H21N3O6S. The first-order chi connectivity index (χ1) is 14.2. The monoisotopic (exact) mass is 431 g/mol. The summed E-state index contributed by atoms with van der Waals surface area (Å²) < 4.78 is 30.9. The van der Waals surface area contributed by atoms with Crippen LogP contribution in [0.15, 0.2) is 53.4 Å². The second-order valence-electron chi connectivity index (χ2n) is 6.78. The van der Waals surface area contributed by atoms with Crippen molar-refractivity contribution in [2.75, 3.05) is 23.9 Å². The lowest BCUT2D eigenvalue weighted by molar-refractivity contribution is -0.122. The van der Waals surface area contributed by atoms with Crippen molar-refractivity contribution in [2.24, 2.45) is 5.92 Å². The highest BCUT2D eigenvalue weighted by molar-refractivity contribution is 7.90. The van der Waals surface area contributed by atoms with E-state index in [1.54, 1.807) is 36.3 Å². The molecule has 1 heterocycles. The van der Waals surface area contributed by atoms with Gasteiger partial charge < -0.3 is 15.0 Å². The van der Waals surface area contributed by atoms with Crippen molar-refractivity contribution in [3.05, 3.63) is 48.5 Å². The van der Waals surface area contributed by atoms with Gasteiger partial charge in [0.05, 0.1) is 17.9 Å². The van der Waals surface area contributed by atoms with Gasteiger partial charge in [0.15, 0.2) is 0 Å². The van der Waals surface area contributed by atoms with Gasteiger partial charge in [-0.15, -0.1) is 0 Å². The SMILES string of the molecule is COc1ccc(N2C[C@H](C(=O)Nc3ccc(S(=O)(=O)NC(C)=O)cc3)CC2=O)cc1. The van der Waals surface area contributed by atoms with Crippen LogP contribution in [0.25, 0.3) is 0 Å². The van der Waals surface area contributed by atoms with Crippen molar-refractivity contribution in [1.82, 2.24) is 4.72 Å². The lowest BCUT2D eigenvalue weighted by atomic mass is 10.1. The van der Waals surface area contributed by atoms with Crippen molar-refractivity contribution in [2.45, 2.75) is 18.2 Å². The van der Waals surface area contributed by atoms with Crippen LogP contribution in [0.1, 0.15) is 13.3 Å². The van der Waals surface area contributed by atoms with E-state index in [-0.39, 0.29) is 29.7 Å². The number of rotatable bonds is 6. The molecule has 158 valence electrons. The molecule has 0 unspecified atom stereocenters. The standard InChI is InChI=1S/C20H21N3O6S/c1-13(24)22-30(27,28)18-9-3-15(4-10-18)21-20(26)14-11-19(25)23(12-14)16-5-7-17(29-2)8-6-16/h3-10,14H,11-12H2,1-2H3,(H,21,26)(H,22,24)/t14-/m1/s1. The van der Waals surface area contributed by atoms with Crippen molar-refractivity contribution in [3.63, 3.8) is 0 Å². The topological polar surface area (TPSA) is 122 Å². The molecule has 1 saturated heterocycles. The molecule has 30 heavy (non-hydrogen) atoms. The molecule has 2 aromatic rings. The maximum absolute atomic E-state index is 12.6. The Morgan fingerprint density at radius 1 is 1.07 bits per heavy atom. The molecule has 1 aliphatic heterocycles. The largest absolute Gasteiger partial charge is 0.497 e. The van der Waals surface area contributed by atoms with Gasteiger partial charge in [-0.1, -0.05) is 0 Å². The molecule has 0 aromatic heterocycles. The minimum absolute atomic E-state index is 0.0762. The van der Waals surface area contributed by atoms with Gasteiger partial charge in [0, 0.05) is 31.3 Å². The number of nitrogens with zero attached hydrogens (tertiary/aromatic N) is 1. The van der Waals surface area contributed by atoms with Crippen LogP contribution in [0.2, 0.25) is 0 Å². The fourth-order valence-corrected chi connectivity index (χ4v) is 4.10. The Labute approximate surface area is 174 Å². The highest BCUT2D eigenvalue weighted by Crippen LogP contribution is 2.27. The van der Waals surface area contributed by atoms with Gasteiger partial charge in [0.1, 0.15) is 5.75 Å². The third-order valence-electron chi connectivity index (χ3n) is 4.59. The summed E-state index contributed by atoms with van der Waals surface area (Å²) in [4.78, 5) is 37.4. The third kappa shape index (κ3) is 4.77. The van der Waals surface area contributed by atoms with Crippen LogP contribution in [-0.4, -0.2) is 39.8 Å². The summed E-state index contributed by atoms with van der Waals surface area (Å²) in [5.41, 5.74) is 1.07. The van der Waals surface area contributed by atoms with Gasteiger partial charge in [-0.05, 0) is 48.5 Å². The average molecular weight is 431 g/mol. The molecule has 0 bridgehead atoms. The molecule has 1 atom stereocenters. The van der Waals surface area contributed by atoms with E-state index >= 15 is 0 Å². The zero-order chi connectivity index (χ0) is 21.9. The minimum atomic E-state index is -3.94. The van der Waals surface area contributed by atoms with E-state index in [2.05, 4.69) is 5.32 Å². The second kappa shape index (κ2) is 8.54. The van der Waals surface area contributed by atoms with Crippen LogP contribution in [0.3, 0.4) is 0 Å².